The van der Waals surface area contributed by atoms with Crippen LogP contribution in [0, 0.1) is 13.8 Å². The molecule has 1 aromatic carbocycles. The van der Waals surface area contributed by atoms with Crippen LogP contribution >= 0.6 is 0 Å². The molecule has 0 aliphatic rings. The number of benzene rings is 1. The number of nitrogens with two attached hydrogens (primary N) is 1. The Morgan fingerprint density at radius 3 is 2.44 bits per heavy atom. The minimum atomic E-state index is -0.186. The van der Waals surface area contributed by atoms with Gasteiger partial charge in [-0.3, -0.25) is 4.79 Å². The average Bonchev–Trinajstić information content (AvgIpc) is 2.27. The van der Waals surface area contributed by atoms with Crippen LogP contribution in [0.3, 0.4) is 0 Å². The highest BCUT2D eigenvalue weighted by atomic mass is 16.4. The van der Waals surface area contributed by atoms with Crippen molar-refractivity contribution in [2.45, 2.75) is 33.2 Å². The number of carbonyl (C=O) groups is 1. The Bertz CT molecular complexity index is 449. The molecule has 0 fully saturated rings. The Morgan fingerprint density at radius 1 is 1.39 bits per heavy atom. The van der Waals surface area contributed by atoms with Gasteiger partial charge in [-0.1, -0.05) is 22.3 Å². The van der Waals surface area contributed by atoms with E-state index in [-0.39, 0.29) is 17.8 Å². The number of hydrogen-bond donors (Lipinski definition) is 3. The third-order valence-electron chi connectivity index (χ3n) is 2.51. The molecule has 0 aliphatic carbocycles. The summed E-state index contributed by atoms with van der Waals surface area (Å²) in [6.07, 6.45) is 0.313. The zero-order chi connectivity index (χ0) is 13.7. The van der Waals surface area contributed by atoms with Crippen LogP contribution in [0.5, 0.6) is 0 Å². The second-order valence-corrected chi connectivity index (χ2v) is 4.55. The van der Waals surface area contributed by atoms with E-state index in [1.54, 1.807) is 6.92 Å². The minimum Gasteiger partial charge on any atom is -0.409 e. The molecule has 0 saturated carbocycles. The Kier molecular flexibility index (Phi) is 4.71. The van der Waals surface area contributed by atoms with Gasteiger partial charge in [0.25, 0.3) is 5.91 Å². The molecule has 1 amide bonds. The average molecular weight is 249 g/mol. The lowest BCUT2D eigenvalue weighted by molar-refractivity contribution is 0.0941. The van der Waals surface area contributed by atoms with E-state index in [4.69, 9.17) is 10.9 Å². The van der Waals surface area contributed by atoms with Gasteiger partial charge in [0.1, 0.15) is 5.84 Å². The number of nitrogens with zero attached hydrogens (tertiary/aromatic N) is 1. The van der Waals surface area contributed by atoms with Crippen LogP contribution in [0.15, 0.2) is 23.4 Å². The van der Waals surface area contributed by atoms with Gasteiger partial charge in [0.2, 0.25) is 0 Å². The zero-order valence-corrected chi connectivity index (χ0v) is 10.9. The second kappa shape index (κ2) is 6.05. The molecule has 0 bridgehead atoms. The van der Waals surface area contributed by atoms with Crippen LogP contribution in [0.2, 0.25) is 0 Å². The van der Waals surface area contributed by atoms with Crippen LogP contribution < -0.4 is 11.1 Å². The second-order valence-electron chi connectivity index (χ2n) is 4.55. The lowest BCUT2D eigenvalue weighted by Crippen LogP contribution is -2.35. The van der Waals surface area contributed by atoms with Crippen LogP contribution in [-0.2, 0) is 0 Å². The maximum absolute atomic E-state index is 12.0. The third kappa shape index (κ3) is 4.08. The maximum Gasteiger partial charge on any atom is 0.251 e. The largest absolute Gasteiger partial charge is 0.409 e. The summed E-state index contributed by atoms with van der Waals surface area (Å²) in [6, 6.07) is 5.49. The van der Waals surface area contributed by atoms with Gasteiger partial charge in [-0.2, -0.15) is 0 Å². The molecule has 98 valence electrons. The van der Waals surface area contributed by atoms with Crippen molar-refractivity contribution in [2.24, 2.45) is 10.9 Å². The predicted octanol–water partition coefficient (Wildman–Crippen LogP) is 1.56. The van der Waals surface area contributed by atoms with Gasteiger partial charge in [-0.05, 0) is 32.9 Å². The van der Waals surface area contributed by atoms with E-state index in [2.05, 4.69) is 10.5 Å². The first-order valence-electron chi connectivity index (χ1n) is 5.78. The van der Waals surface area contributed by atoms with Gasteiger partial charge in [0.05, 0.1) is 0 Å². The SMILES string of the molecule is Cc1cc(C)cc(C(=O)NC(C)CC(N)=NO)c1. The molecule has 18 heavy (non-hydrogen) atoms. The summed E-state index contributed by atoms with van der Waals surface area (Å²) in [5, 5.41) is 14.1. The van der Waals surface area contributed by atoms with Crippen LogP contribution in [0.4, 0.5) is 0 Å². The van der Waals surface area contributed by atoms with E-state index in [0.29, 0.717) is 12.0 Å². The molecule has 0 heterocycles. The van der Waals surface area contributed by atoms with E-state index < -0.39 is 0 Å². The van der Waals surface area contributed by atoms with Crippen molar-refractivity contribution in [1.29, 1.82) is 0 Å². The quantitative estimate of drug-likeness (QED) is 0.327. The Balaban J connectivity index is 2.70. The van der Waals surface area contributed by atoms with E-state index in [1.165, 1.54) is 0 Å². The minimum absolute atomic E-state index is 0.100. The summed E-state index contributed by atoms with van der Waals surface area (Å²) < 4.78 is 0. The highest BCUT2D eigenvalue weighted by Gasteiger charge is 2.11. The van der Waals surface area contributed by atoms with Crippen LogP contribution in [0.25, 0.3) is 0 Å². The number of nitrogens with one attached hydrogen (secondary N) is 1. The molecule has 5 heteroatoms. The molecule has 1 rings (SSSR count). The fourth-order valence-electron chi connectivity index (χ4n) is 1.82. The summed E-state index contributed by atoms with van der Waals surface area (Å²) >= 11 is 0. The number of hydrogen-bond acceptors (Lipinski definition) is 3. The molecule has 1 aromatic rings. The van der Waals surface area contributed by atoms with E-state index >= 15 is 0 Å². The Hall–Kier alpha value is -2.04. The van der Waals surface area contributed by atoms with Crippen molar-refractivity contribution in [3.63, 3.8) is 0 Å². The van der Waals surface area contributed by atoms with E-state index in [9.17, 15) is 4.79 Å². The lowest BCUT2D eigenvalue weighted by Gasteiger charge is -2.13. The topological polar surface area (TPSA) is 87.7 Å². The van der Waals surface area contributed by atoms with E-state index in [0.717, 1.165) is 11.1 Å². The summed E-state index contributed by atoms with van der Waals surface area (Å²) in [4.78, 5) is 12.0. The third-order valence-corrected chi connectivity index (χ3v) is 2.51. The van der Waals surface area contributed by atoms with Gasteiger partial charge >= 0.3 is 0 Å². The van der Waals surface area contributed by atoms with Crippen molar-refractivity contribution >= 4 is 11.7 Å². The van der Waals surface area contributed by atoms with Crippen molar-refractivity contribution in [2.75, 3.05) is 0 Å². The van der Waals surface area contributed by atoms with Gasteiger partial charge in [-0.15, -0.1) is 0 Å². The monoisotopic (exact) mass is 249 g/mol. The first-order chi connectivity index (χ1) is 8.42. The van der Waals surface area contributed by atoms with Crippen molar-refractivity contribution < 1.29 is 10.0 Å². The summed E-state index contributed by atoms with van der Waals surface area (Å²) in [5.41, 5.74) is 8.10. The molecule has 5 nitrogen and oxygen atoms in total. The van der Waals surface area contributed by atoms with Gasteiger partial charge in [-0.25, -0.2) is 0 Å². The number of amides is 1. The number of rotatable bonds is 4. The summed E-state index contributed by atoms with van der Waals surface area (Å²) in [5.74, 6) is -0.0525. The first-order valence-corrected chi connectivity index (χ1v) is 5.78. The molecule has 1 unspecified atom stereocenters. The fourth-order valence-corrected chi connectivity index (χ4v) is 1.82. The smallest absolute Gasteiger partial charge is 0.251 e. The number of aryl methyl sites for hydroxylation is 2. The zero-order valence-electron chi connectivity index (χ0n) is 10.9. The molecule has 0 aliphatic heterocycles. The van der Waals surface area contributed by atoms with Crippen LogP contribution in [-0.4, -0.2) is 23.0 Å². The molecule has 0 spiro atoms. The standard InChI is InChI=1S/C13H19N3O2/c1-8-4-9(2)6-11(5-8)13(17)15-10(3)7-12(14)16-18/h4-6,10,18H,7H2,1-3H3,(H2,14,16)(H,15,17). The maximum atomic E-state index is 12.0. The molecule has 4 N–H and O–H groups in total. The fraction of sp³-hybridized carbons (Fsp3) is 0.385. The summed E-state index contributed by atoms with van der Waals surface area (Å²) in [6.45, 7) is 5.70. The van der Waals surface area contributed by atoms with Crippen LogP contribution in [0.1, 0.15) is 34.8 Å². The number of oxime groups is 1. The normalized spacial score (nSPS) is 13.2. The van der Waals surface area contributed by atoms with Gasteiger partial charge in [0.15, 0.2) is 0 Å². The van der Waals surface area contributed by atoms with Gasteiger partial charge in [0, 0.05) is 18.0 Å². The molecule has 0 aromatic heterocycles. The summed E-state index contributed by atoms with van der Waals surface area (Å²) in [7, 11) is 0. The first kappa shape index (κ1) is 14.0. The molecular weight excluding hydrogens is 230 g/mol. The van der Waals surface area contributed by atoms with Crippen molar-refractivity contribution in [1.82, 2.24) is 5.32 Å². The highest BCUT2D eigenvalue weighted by molar-refractivity contribution is 5.95. The Morgan fingerprint density at radius 2 is 1.94 bits per heavy atom. The van der Waals surface area contributed by atoms with Gasteiger partial charge < -0.3 is 16.3 Å². The molecular formula is C13H19N3O2. The Labute approximate surface area is 107 Å². The molecule has 0 saturated heterocycles. The predicted molar refractivity (Wildman–Crippen MR) is 70.9 cm³/mol. The molecule has 1 atom stereocenters. The number of amidine groups is 1. The van der Waals surface area contributed by atoms with E-state index in [1.807, 2.05) is 32.0 Å². The molecule has 0 radical (unpaired) electrons. The van der Waals surface area contributed by atoms with Crippen molar-refractivity contribution in [3.05, 3.63) is 34.9 Å². The van der Waals surface area contributed by atoms with Crippen molar-refractivity contribution in [3.8, 4) is 0 Å². The lowest BCUT2D eigenvalue weighted by atomic mass is 10.1. The number of carbonyl (C=O) groups excluding carboxylic acids is 1. The highest BCUT2D eigenvalue weighted by Crippen LogP contribution is 2.09.